The lowest BCUT2D eigenvalue weighted by atomic mass is 10.00. The number of rotatable bonds is 6. The lowest BCUT2D eigenvalue weighted by Gasteiger charge is -2.15. The minimum Gasteiger partial charge on any atom is -0.493 e. The first-order valence-electron chi connectivity index (χ1n) is 7.46. The highest BCUT2D eigenvalue weighted by Gasteiger charge is 2.13. The van der Waals surface area contributed by atoms with Gasteiger partial charge in [0.25, 0.3) is 0 Å². The highest BCUT2D eigenvalue weighted by molar-refractivity contribution is 5.39. The van der Waals surface area contributed by atoms with Crippen molar-refractivity contribution in [1.82, 2.24) is 10.4 Å². The molecule has 1 aromatic heterocycles. The first kappa shape index (κ1) is 14.0. The summed E-state index contributed by atoms with van der Waals surface area (Å²) in [7, 11) is 0. The molecule has 110 valence electrons. The summed E-state index contributed by atoms with van der Waals surface area (Å²) in [5.74, 6) is 6.72. The van der Waals surface area contributed by atoms with E-state index in [4.69, 9.17) is 10.6 Å². The zero-order chi connectivity index (χ0) is 14.5. The molecule has 3 rings (SSSR count). The highest BCUT2D eigenvalue weighted by Crippen LogP contribution is 2.26. The third-order valence-corrected chi connectivity index (χ3v) is 3.95. The van der Waals surface area contributed by atoms with Crippen molar-refractivity contribution >= 4 is 0 Å². The van der Waals surface area contributed by atoms with E-state index in [-0.39, 0.29) is 6.04 Å². The Bertz CT molecular complexity index is 586. The zero-order valence-electron chi connectivity index (χ0n) is 12.1. The number of hydrogen-bond donors (Lipinski definition) is 2. The van der Waals surface area contributed by atoms with Crippen LogP contribution in [0, 0.1) is 0 Å². The van der Waals surface area contributed by atoms with E-state index in [0.717, 1.165) is 43.7 Å². The molecule has 4 heteroatoms. The molecule has 0 saturated carbocycles. The molecule has 4 nitrogen and oxygen atoms in total. The average molecular weight is 283 g/mol. The number of benzene rings is 1. The number of aromatic nitrogens is 1. The van der Waals surface area contributed by atoms with Gasteiger partial charge in [0.05, 0.1) is 6.61 Å². The van der Waals surface area contributed by atoms with Crippen molar-refractivity contribution in [1.29, 1.82) is 0 Å². The van der Waals surface area contributed by atoms with Crippen LogP contribution in [0.3, 0.4) is 0 Å². The van der Waals surface area contributed by atoms with Gasteiger partial charge in [0.2, 0.25) is 0 Å². The lowest BCUT2D eigenvalue weighted by molar-refractivity contribution is 0.357. The summed E-state index contributed by atoms with van der Waals surface area (Å²) in [6, 6.07) is 12.7. The quantitative estimate of drug-likeness (QED) is 0.629. The molecule has 1 atom stereocenters. The summed E-state index contributed by atoms with van der Waals surface area (Å²) in [5.41, 5.74) is 6.66. The molecule has 0 radical (unpaired) electrons. The number of nitrogens with one attached hydrogen (secondary N) is 1. The van der Waals surface area contributed by atoms with Crippen LogP contribution in [-0.4, -0.2) is 17.6 Å². The van der Waals surface area contributed by atoms with Crippen LogP contribution in [0.4, 0.5) is 0 Å². The van der Waals surface area contributed by atoms with Gasteiger partial charge in [-0.25, -0.2) is 0 Å². The lowest BCUT2D eigenvalue weighted by Crippen LogP contribution is -2.37. The number of nitrogens with zero attached hydrogens (tertiary/aromatic N) is 1. The highest BCUT2D eigenvalue weighted by atomic mass is 16.5. The molecule has 0 fully saturated rings. The van der Waals surface area contributed by atoms with Crippen molar-refractivity contribution in [2.45, 2.75) is 31.7 Å². The second-order valence-electron chi connectivity index (χ2n) is 5.47. The Morgan fingerprint density at radius 3 is 3.05 bits per heavy atom. The van der Waals surface area contributed by atoms with E-state index in [1.807, 2.05) is 24.4 Å². The fourth-order valence-corrected chi connectivity index (χ4v) is 2.75. The third-order valence-electron chi connectivity index (χ3n) is 3.95. The van der Waals surface area contributed by atoms with Crippen molar-refractivity contribution < 1.29 is 4.74 Å². The van der Waals surface area contributed by atoms with Gasteiger partial charge in [-0.15, -0.1) is 0 Å². The van der Waals surface area contributed by atoms with Gasteiger partial charge in [-0.3, -0.25) is 16.3 Å². The van der Waals surface area contributed by atoms with E-state index in [1.54, 1.807) is 0 Å². The number of aryl methyl sites for hydroxylation is 1. The predicted octanol–water partition coefficient (Wildman–Crippen LogP) is 2.02. The molecule has 0 saturated heterocycles. The van der Waals surface area contributed by atoms with Gasteiger partial charge in [0.1, 0.15) is 5.75 Å². The average Bonchev–Trinajstić information content (AvgIpc) is 3.00. The molecule has 1 aliphatic rings. The van der Waals surface area contributed by atoms with Gasteiger partial charge in [-0.05, 0) is 42.2 Å². The minimum absolute atomic E-state index is 0.240. The van der Waals surface area contributed by atoms with Crippen LogP contribution in [0.2, 0.25) is 0 Å². The summed E-state index contributed by atoms with van der Waals surface area (Å²) in [4.78, 5) is 4.36. The number of nitrogens with two attached hydrogens (primary N) is 1. The number of pyridine rings is 1. The van der Waals surface area contributed by atoms with Crippen LogP contribution >= 0.6 is 0 Å². The molecule has 1 aromatic carbocycles. The maximum Gasteiger partial charge on any atom is 0.122 e. The second-order valence-corrected chi connectivity index (χ2v) is 5.47. The summed E-state index contributed by atoms with van der Waals surface area (Å²) >= 11 is 0. The summed E-state index contributed by atoms with van der Waals surface area (Å²) in [6.45, 7) is 0.811. The molecule has 0 aliphatic carbocycles. The molecule has 3 N–H and O–H groups in total. The van der Waals surface area contributed by atoms with Gasteiger partial charge in [-0.1, -0.05) is 18.2 Å². The maximum atomic E-state index is 5.68. The Hall–Kier alpha value is -1.91. The molecular weight excluding hydrogens is 262 g/mol. The monoisotopic (exact) mass is 283 g/mol. The van der Waals surface area contributed by atoms with Crippen molar-refractivity contribution in [3.05, 3.63) is 59.4 Å². The van der Waals surface area contributed by atoms with Crippen molar-refractivity contribution in [3.8, 4) is 5.75 Å². The molecule has 1 unspecified atom stereocenters. The smallest absolute Gasteiger partial charge is 0.122 e. The summed E-state index contributed by atoms with van der Waals surface area (Å²) < 4.78 is 5.54. The van der Waals surface area contributed by atoms with Crippen LogP contribution in [-0.2, 0) is 19.3 Å². The molecule has 0 spiro atoms. The van der Waals surface area contributed by atoms with Crippen LogP contribution in [0.5, 0.6) is 5.75 Å². The summed E-state index contributed by atoms with van der Waals surface area (Å²) in [6.07, 6.45) is 5.70. The molecule has 0 bridgehead atoms. The molecule has 2 aromatic rings. The maximum absolute atomic E-state index is 5.68. The topological polar surface area (TPSA) is 60.2 Å². The standard InChI is InChI=1S/C17H21N3O/c18-20-16(12-15-3-1-2-9-19-15)6-4-13-5-7-17-14(11-13)8-10-21-17/h1-3,5,7,9,11,16,20H,4,6,8,10,12,18H2. The van der Waals surface area contributed by atoms with E-state index >= 15 is 0 Å². The van der Waals surface area contributed by atoms with E-state index in [1.165, 1.54) is 11.1 Å². The van der Waals surface area contributed by atoms with Crippen LogP contribution in [0.15, 0.2) is 42.6 Å². The Morgan fingerprint density at radius 2 is 2.24 bits per heavy atom. The third kappa shape index (κ3) is 3.60. The first-order chi connectivity index (χ1) is 10.3. The Kier molecular flexibility index (Phi) is 4.48. The van der Waals surface area contributed by atoms with E-state index in [9.17, 15) is 0 Å². The Balaban J connectivity index is 1.58. The first-order valence-corrected chi connectivity index (χ1v) is 7.46. The molecule has 1 aliphatic heterocycles. The second kappa shape index (κ2) is 6.70. The normalized spacial score (nSPS) is 14.5. The van der Waals surface area contributed by atoms with Crippen molar-refractivity contribution in [2.24, 2.45) is 5.84 Å². The predicted molar refractivity (Wildman–Crippen MR) is 83.0 cm³/mol. The summed E-state index contributed by atoms with van der Waals surface area (Å²) in [5, 5.41) is 0. The van der Waals surface area contributed by atoms with Crippen molar-refractivity contribution in [2.75, 3.05) is 6.61 Å². The fraction of sp³-hybridized carbons (Fsp3) is 0.353. The van der Waals surface area contributed by atoms with Gasteiger partial charge in [0, 0.05) is 30.8 Å². The number of hydrogen-bond acceptors (Lipinski definition) is 4. The van der Waals surface area contributed by atoms with E-state index in [0.29, 0.717) is 0 Å². The van der Waals surface area contributed by atoms with Crippen LogP contribution in [0.1, 0.15) is 23.2 Å². The number of ether oxygens (including phenoxy) is 1. The number of hydrazine groups is 1. The minimum atomic E-state index is 0.240. The van der Waals surface area contributed by atoms with Gasteiger partial charge < -0.3 is 4.74 Å². The molecular formula is C17H21N3O. The van der Waals surface area contributed by atoms with Crippen molar-refractivity contribution in [3.63, 3.8) is 0 Å². The SMILES string of the molecule is NNC(CCc1ccc2c(c1)CCO2)Cc1ccccn1. The zero-order valence-corrected chi connectivity index (χ0v) is 12.1. The largest absolute Gasteiger partial charge is 0.493 e. The van der Waals surface area contributed by atoms with E-state index in [2.05, 4.69) is 28.6 Å². The number of fused-ring (bicyclic) bond motifs is 1. The van der Waals surface area contributed by atoms with Crippen LogP contribution in [0.25, 0.3) is 0 Å². The van der Waals surface area contributed by atoms with Crippen LogP contribution < -0.4 is 16.0 Å². The Morgan fingerprint density at radius 1 is 1.29 bits per heavy atom. The Labute approximate surface area is 125 Å². The van der Waals surface area contributed by atoms with E-state index < -0.39 is 0 Å². The molecule has 0 amide bonds. The van der Waals surface area contributed by atoms with Gasteiger partial charge >= 0.3 is 0 Å². The molecule has 21 heavy (non-hydrogen) atoms. The van der Waals surface area contributed by atoms with Gasteiger partial charge in [0.15, 0.2) is 0 Å². The fourth-order valence-electron chi connectivity index (χ4n) is 2.75. The van der Waals surface area contributed by atoms with Gasteiger partial charge in [-0.2, -0.15) is 0 Å². The molecule has 2 heterocycles.